The van der Waals surface area contributed by atoms with Crippen LogP contribution in [0.25, 0.3) is 0 Å². The van der Waals surface area contributed by atoms with Gasteiger partial charge in [0, 0.05) is 18.4 Å². The third kappa shape index (κ3) is 5.91. The summed E-state index contributed by atoms with van der Waals surface area (Å²) < 4.78 is 0. The average Bonchev–Trinajstić information content (AvgIpc) is 3.51. The smallest absolute Gasteiger partial charge is 0.321 e. The summed E-state index contributed by atoms with van der Waals surface area (Å²) in [4.78, 5) is 25.4. The highest BCUT2D eigenvalue weighted by Gasteiger charge is 2.29. The summed E-state index contributed by atoms with van der Waals surface area (Å²) in [6.07, 6.45) is 3.28. The molecule has 8 heteroatoms. The quantitative estimate of drug-likeness (QED) is 0.458. The Morgan fingerprint density at radius 2 is 1.72 bits per heavy atom. The van der Waals surface area contributed by atoms with E-state index in [1.54, 1.807) is 0 Å². The SMILES string of the molecule is CCC(c1ccccc1)c1nnc(NC(=O)NC(Cc2ccccc2)C(=O)NC2CC2)s1. The van der Waals surface area contributed by atoms with Gasteiger partial charge in [-0.2, -0.15) is 0 Å². The minimum atomic E-state index is -0.668. The number of benzene rings is 2. The fourth-order valence-corrected chi connectivity index (χ4v) is 4.49. The van der Waals surface area contributed by atoms with E-state index in [0.29, 0.717) is 11.6 Å². The molecule has 1 aliphatic rings. The van der Waals surface area contributed by atoms with Crippen molar-refractivity contribution in [3.05, 3.63) is 76.8 Å². The molecule has 0 saturated heterocycles. The van der Waals surface area contributed by atoms with Crippen molar-refractivity contribution < 1.29 is 9.59 Å². The standard InChI is InChI=1S/C24H27N5O2S/c1-2-19(17-11-7-4-8-12-17)22-28-29-24(32-22)27-23(31)26-20(21(30)25-18-13-14-18)15-16-9-5-3-6-10-16/h3-12,18-20H,2,13-15H2,1H3,(H,25,30)(H2,26,27,29,31). The van der Waals surface area contributed by atoms with Gasteiger partial charge < -0.3 is 10.6 Å². The summed E-state index contributed by atoms with van der Waals surface area (Å²) in [5, 5.41) is 18.2. The second kappa shape index (κ2) is 10.4. The summed E-state index contributed by atoms with van der Waals surface area (Å²) in [6.45, 7) is 2.10. The van der Waals surface area contributed by atoms with Gasteiger partial charge >= 0.3 is 6.03 Å². The molecule has 3 aromatic rings. The molecule has 0 spiro atoms. The van der Waals surface area contributed by atoms with E-state index >= 15 is 0 Å². The van der Waals surface area contributed by atoms with Gasteiger partial charge in [-0.05, 0) is 30.4 Å². The van der Waals surface area contributed by atoms with Crippen LogP contribution < -0.4 is 16.0 Å². The lowest BCUT2D eigenvalue weighted by molar-refractivity contribution is -0.123. The third-order valence-electron chi connectivity index (χ3n) is 5.40. The Bertz CT molecular complexity index is 1040. The number of hydrogen-bond donors (Lipinski definition) is 3. The van der Waals surface area contributed by atoms with Crippen molar-refractivity contribution in [1.82, 2.24) is 20.8 Å². The average molecular weight is 450 g/mol. The van der Waals surface area contributed by atoms with Crippen molar-refractivity contribution in [3.8, 4) is 0 Å². The third-order valence-corrected chi connectivity index (χ3v) is 6.35. The second-order valence-corrected chi connectivity index (χ2v) is 8.95. The zero-order chi connectivity index (χ0) is 22.3. The van der Waals surface area contributed by atoms with Gasteiger partial charge in [-0.25, -0.2) is 4.79 Å². The maximum atomic E-state index is 12.7. The summed E-state index contributed by atoms with van der Waals surface area (Å²) in [6, 6.07) is 18.9. The summed E-state index contributed by atoms with van der Waals surface area (Å²) >= 11 is 1.35. The molecule has 4 rings (SSSR count). The highest BCUT2D eigenvalue weighted by atomic mass is 32.1. The summed E-state index contributed by atoms with van der Waals surface area (Å²) in [5.74, 6) is -0.0398. The first kappa shape index (κ1) is 22.0. The van der Waals surface area contributed by atoms with Gasteiger partial charge in [-0.1, -0.05) is 78.9 Å². The largest absolute Gasteiger partial charge is 0.352 e. The Hall–Kier alpha value is -3.26. The highest BCUT2D eigenvalue weighted by molar-refractivity contribution is 7.15. The lowest BCUT2D eigenvalue weighted by Crippen LogP contribution is -2.49. The maximum absolute atomic E-state index is 12.7. The van der Waals surface area contributed by atoms with E-state index < -0.39 is 12.1 Å². The van der Waals surface area contributed by atoms with Crippen LogP contribution >= 0.6 is 11.3 Å². The van der Waals surface area contributed by atoms with Gasteiger partial charge in [0.05, 0.1) is 0 Å². The van der Waals surface area contributed by atoms with E-state index in [1.165, 1.54) is 16.9 Å². The molecule has 3 N–H and O–H groups in total. The second-order valence-electron chi connectivity index (χ2n) is 7.94. The number of aromatic nitrogens is 2. The fourth-order valence-electron chi connectivity index (χ4n) is 3.54. The molecule has 2 aromatic carbocycles. The fraction of sp³-hybridized carbons (Fsp3) is 0.333. The predicted molar refractivity (Wildman–Crippen MR) is 126 cm³/mol. The molecule has 2 unspecified atom stereocenters. The first-order valence-corrected chi connectivity index (χ1v) is 11.7. The van der Waals surface area contributed by atoms with Crippen LogP contribution in [0, 0.1) is 0 Å². The van der Waals surface area contributed by atoms with Crippen molar-refractivity contribution >= 4 is 28.4 Å². The van der Waals surface area contributed by atoms with Crippen LogP contribution in [-0.4, -0.2) is 34.2 Å². The molecule has 2 atom stereocenters. The predicted octanol–water partition coefficient (Wildman–Crippen LogP) is 4.09. The molecule has 0 aliphatic heterocycles. The van der Waals surface area contributed by atoms with E-state index in [1.807, 2.05) is 48.5 Å². The Morgan fingerprint density at radius 3 is 2.38 bits per heavy atom. The molecule has 166 valence electrons. The molecule has 1 saturated carbocycles. The summed E-state index contributed by atoms with van der Waals surface area (Å²) in [7, 11) is 0. The Balaban J connectivity index is 1.41. The van der Waals surface area contributed by atoms with Crippen molar-refractivity contribution in [2.45, 2.75) is 50.6 Å². The monoisotopic (exact) mass is 449 g/mol. The van der Waals surface area contributed by atoms with E-state index in [0.717, 1.165) is 29.8 Å². The lowest BCUT2D eigenvalue weighted by atomic mass is 9.97. The van der Waals surface area contributed by atoms with Crippen LogP contribution in [0.3, 0.4) is 0 Å². The van der Waals surface area contributed by atoms with Crippen LogP contribution in [0.15, 0.2) is 60.7 Å². The van der Waals surface area contributed by atoms with Gasteiger partial charge in [-0.15, -0.1) is 10.2 Å². The lowest BCUT2D eigenvalue weighted by Gasteiger charge is -2.18. The molecule has 1 aliphatic carbocycles. The van der Waals surface area contributed by atoms with Crippen molar-refractivity contribution in [2.24, 2.45) is 0 Å². The normalized spacial score (nSPS) is 14.9. The maximum Gasteiger partial charge on any atom is 0.321 e. The molecule has 1 heterocycles. The Morgan fingerprint density at radius 1 is 1.03 bits per heavy atom. The number of nitrogens with zero attached hydrogens (tertiary/aromatic N) is 2. The van der Waals surface area contributed by atoms with Gasteiger partial charge in [0.25, 0.3) is 0 Å². The zero-order valence-corrected chi connectivity index (χ0v) is 18.8. The number of urea groups is 1. The van der Waals surface area contributed by atoms with Gasteiger partial charge in [0.2, 0.25) is 11.0 Å². The number of hydrogen-bond acceptors (Lipinski definition) is 5. The first-order chi connectivity index (χ1) is 15.6. The highest BCUT2D eigenvalue weighted by Crippen LogP contribution is 2.31. The Kier molecular flexibility index (Phi) is 7.11. The van der Waals surface area contributed by atoms with E-state index in [9.17, 15) is 9.59 Å². The van der Waals surface area contributed by atoms with Crippen molar-refractivity contribution in [1.29, 1.82) is 0 Å². The van der Waals surface area contributed by atoms with E-state index in [-0.39, 0.29) is 17.9 Å². The number of rotatable bonds is 9. The number of amides is 3. The molecular formula is C24H27N5O2S. The molecule has 7 nitrogen and oxygen atoms in total. The number of nitrogens with one attached hydrogen (secondary N) is 3. The number of carbonyl (C=O) groups excluding carboxylic acids is 2. The topological polar surface area (TPSA) is 96.0 Å². The molecule has 0 radical (unpaired) electrons. The molecule has 32 heavy (non-hydrogen) atoms. The van der Waals surface area contributed by atoms with Crippen LogP contribution in [0.5, 0.6) is 0 Å². The van der Waals surface area contributed by atoms with Crippen molar-refractivity contribution in [2.75, 3.05) is 5.32 Å². The first-order valence-electron chi connectivity index (χ1n) is 10.9. The van der Waals surface area contributed by atoms with Crippen molar-refractivity contribution in [3.63, 3.8) is 0 Å². The van der Waals surface area contributed by atoms with E-state index in [2.05, 4.69) is 45.2 Å². The van der Waals surface area contributed by atoms with Crippen LogP contribution in [0.4, 0.5) is 9.93 Å². The molecule has 3 amide bonds. The Labute approximate surface area is 191 Å². The minimum Gasteiger partial charge on any atom is -0.352 e. The van der Waals surface area contributed by atoms with Gasteiger partial charge in [-0.3, -0.25) is 10.1 Å². The summed E-state index contributed by atoms with van der Waals surface area (Å²) in [5.41, 5.74) is 2.15. The van der Waals surface area contributed by atoms with Gasteiger partial charge in [0.1, 0.15) is 11.0 Å². The van der Waals surface area contributed by atoms with Crippen LogP contribution in [0.1, 0.15) is 48.2 Å². The van der Waals surface area contributed by atoms with E-state index in [4.69, 9.17) is 0 Å². The molecule has 1 fully saturated rings. The molecular weight excluding hydrogens is 422 g/mol. The minimum absolute atomic E-state index is 0.127. The molecule has 1 aromatic heterocycles. The molecule has 0 bridgehead atoms. The van der Waals surface area contributed by atoms with Crippen LogP contribution in [0.2, 0.25) is 0 Å². The zero-order valence-electron chi connectivity index (χ0n) is 18.0. The van der Waals surface area contributed by atoms with Gasteiger partial charge in [0.15, 0.2) is 0 Å². The van der Waals surface area contributed by atoms with Crippen LogP contribution in [-0.2, 0) is 11.2 Å². The number of anilines is 1. The number of carbonyl (C=O) groups is 2.